The third-order valence-corrected chi connectivity index (χ3v) is 3.76. The summed E-state index contributed by atoms with van der Waals surface area (Å²) in [6.07, 6.45) is 1.67. The lowest BCUT2D eigenvalue weighted by Gasteiger charge is -2.07. The van der Waals surface area contributed by atoms with E-state index >= 15 is 0 Å². The van der Waals surface area contributed by atoms with Crippen molar-refractivity contribution in [1.82, 2.24) is 9.78 Å². The lowest BCUT2D eigenvalue weighted by atomic mass is 10.1. The van der Waals surface area contributed by atoms with Crippen molar-refractivity contribution in [2.75, 3.05) is 6.61 Å². The Hall–Kier alpha value is -3.35. The van der Waals surface area contributed by atoms with Crippen LogP contribution in [0.25, 0.3) is 5.69 Å². The van der Waals surface area contributed by atoms with Gasteiger partial charge in [-0.2, -0.15) is 5.10 Å². The Morgan fingerprint density at radius 1 is 1.00 bits per heavy atom. The van der Waals surface area contributed by atoms with E-state index in [9.17, 15) is 18.4 Å². The molecule has 132 valence electrons. The van der Waals surface area contributed by atoms with E-state index in [2.05, 4.69) is 5.10 Å². The molecule has 5 nitrogen and oxygen atoms in total. The van der Waals surface area contributed by atoms with Gasteiger partial charge in [0.25, 0.3) is 0 Å². The molecule has 0 aliphatic carbocycles. The SMILES string of the molecule is Cc1ccnn1-c1ccc(C(=O)OCC(=O)c2ccc(F)c(F)c2)cc1. The van der Waals surface area contributed by atoms with E-state index in [0.717, 1.165) is 29.6 Å². The van der Waals surface area contributed by atoms with Crippen LogP contribution in [0.5, 0.6) is 0 Å². The lowest BCUT2D eigenvalue weighted by Crippen LogP contribution is -2.14. The second-order valence-corrected chi connectivity index (χ2v) is 5.56. The highest BCUT2D eigenvalue weighted by Crippen LogP contribution is 2.13. The monoisotopic (exact) mass is 356 g/mol. The first-order chi connectivity index (χ1) is 12.5. The van der Waals surface area contributed by atoms with E-state index < -0.39 is 30.0 Å². The Balaban J connectivity index is 1.63. The Kier molecular flexibility index (Phi) is 4.88. The average Bonchev–Trinajstić information content (AvgIpc) is 3.07. The van der Waals surface area contributed by atoms with Crippen LogP contribution in [-0.2, 0) is 4.74 Å². The quantitative estimate of drug-likeness (QED) is 0.519. The summed E-state index contributed by atoms with van der Waals surface area (Å²) in [4.78, 5) is 23.9. The zero-order chi connectivity index (χ0) is 18.7. The first-order valence-electron chi connectivity index (χ1n) is 7.72. The van der Waals surface area contributed by atoms with Gasteiger partial charge in [-0.25, -0.2) is 18.3 Å². The molecule has 7 heteroatoms. The fourth-order valence-corrected chi connectivity index (χ4v) is 2.35. The Morgan fingerprint density at radius 2 is 1.69 bits per heavy atom. The second-order valence-electron chi connectivity index (χ2n) is 5.56. The minimum Gasteiger partial charge on any atom is -0.454 e. The highest BCUT2D eigenvalue weighted by molar-refractivity contribution is 5.99. The van der Waals surface area contributed by atoms with Gasteiger partial charge in [-0.1, -0.05) is 0 Å². The van der Waals surface area contributed by atoms with Crippen molar-refractivity contribution in [1.29, 1.82) is 0 Å². The van der Waals surface area contributed by atoms with Crippen LogP contribution < -0.4 is 0 Å². The number of halogens is 2. The number of esters is 1. The van der Waals surface area contributed by atoms with E-state index in [1.807, 2.05) is 13.0 Å². The van der Waals surface area contributed by atoms with Crippen molar-refractivity contribution >= 4 is 11.8 Å². The Labute approximate surface area is 147 Å². The number of carbonyl (C=O) groups is 2. The van der Waals surface area contributed by atoms with Crippen molar-refractivity contribution in [3.05, 3.63) is 83.2 Å². The number of nitrogens with zero attached hydrogens (tertiary/aromatic N) is 2. The van der Waals surface area contributed by atoms with E-state index in [-0.39, 0.29) is 11.1 Å². The number of hydrogen-bond donors (Lipinski definition) is 0. The maximum atomic E-state index is 13.1. The van der Waals surface area contributed by atoms with Crippen molar-refractivity contribution < 1.29 is 23.1 Å². The van der Waals surface area contributed by atoms with Crippen LogP contribution in [0.15, 0.2) is 54.7 Å². The van der Waals surface area contributed by atoms with E-state index in [1.165, 1.54) is 0 Å². The lowest BCUT2D eigenvalue weighted by molar-refractivity contribution is 0.0474. The molecule has 0 amide bonds. The van der Waals surface area contributed by atoms with Crippen molar-refractivity contribution in [2.24, 2.45) is 0 Å². The van der Waals surface area contributed by atoms with Crippen molar-refractivity contribution in [3.8, 4) is 5.69 Å². The molecule has 0 N–H and O–H groups in total. The van der Waals surface area contributed by atoms with Crippen LogP contribution in [0, 0.1) is 18.6 Å². The van der Waals surface area contributed by atoms with Crippen molar-refractivity contribution in [3.63, 3.8) is 0 Å². The number of hydrogen-bond acceptors (Lipinski definition) is 4. The molecule has 26 heavy (non-hydrogen) atoms. The summed E-state index contributed by atoms with van der Waals surface area (Å²) in [7, 11) is 0. The number of benzene rings is 2. The maximum Gasteiger partial charge on any atom is 0.338 e. The summed E-state index contributed by atoms with van der Waals surface area (Å²) in [6, 6.07) is 11.1. The van der Waals surface area contributed by atoms with Gasteiger partial charge in [0, 0.05) is 17.5 Å². The molecule has 0 saturated heterocycles. The van der Waals surface area contributed by atoms with E-state index in [1.54, 1.807) is 35.1 Å². The van der Waals surface area contributed by atoms with Gasteiger partial charge >= 0.3 is 5.97 Å². The zero-order valence-corrected chi connectivity index (χ0v) is 13.8. The van der Waals surface area contributed by atoms with Gasteiger partial charge in [0.1, 0.15) is 0 Å². The zero-order valence-electron chi connectivity index (χ0n) is 13.8. The van der Waals surface area contributed by atoms with Gasteiger partial charge in [0.05, 0.1) is 11.3 Å². The Bertz CT molecular complexity index is 965. The molecule has 1 heterocycles. The largest absolute Gasteiger partial charge is 0.454 e. The molecule has 2 aromatic carbocycles. The van der Waals surface area contributed by atoms with Crippen LogP contribution in [0.2, 0.25) is 0 Å². The number of rotatable bonds is 5. The highest BCUT2D eigenvalue weighted by atomic mass is 19.2. The van der Waals surface area contributed by atoms with Crippen LogP contribution >= 0.6 is 0 Å². The summed E-state index contributed by atoms with van der Waals surface area (Å²) >= 11 is 0. The van der Waals surface area contributed by atoms with Gasteiger partial charge in [-0.15, -0.1) is 0 Å². The smallest absolute Gasteiger partial charge is 0.338 e. The maximum absolute atomic E-state index is 13.1. The molecule has 3 aromatic rings. The van der Waals surface area contributed by atoms with E-state index in [0.29, 0.717) is 0 Å². The fourth-order valence-electron chi connectivity index (χ4n) is 2.35. The molecule has 0 fully saturated rings. The van der Waals surface area contributed by atoms with E-state index in [4.69, 9.17) is 4.74 Å². The number of carbonyl (C=O) groups excluding carboxylic acids is 2. The molecule has 0 aliphatic heterocycles. The minimum absolute atomic E-state index is 0.0683. The molecule has 0 unspecified atom stereocenters. The van der Waals surface area contributed by atoms with Crippen LogP contribution in [-0.4, -0.2) is 28.1 Å². The van der Waals surface area contributed by atoms with Gasteiger partial charge in [0.15, 0.2) is 24.0 Å². The summed E-state index contributed by atoms with van der Waals surface area (Å²) in [5, 5.41) is 4.17. The fraction of sp³-hybridized carbons (Fsp3) is 0.105. The first kappa shape index (κ1) is 17.5. The van der Waals surface area contributed by atoms with Crippen molar-refractivity contribution in [2.45, 2.75) is 6.92 Å². The molecule has 1 aromatic heterocycles. The molecule has 0 radical (unpaired) electrons. The molecular weight excluding hydrogens is 342 g/mol. The number of ether oxygens (including phenoxy) is 1. The second kappa shape index (κ2) is 7.26. The first-order valence-corrected chi connectivity index (χ1v) is 7.72. The third-order valence-electron chi connectivity index (χ3n) is 3.76. The minimum atomic E-state index is -1.13. The number of ketones is 1. The third kappa shape index (κ3) is 3.66. The van der Waals surface area contributed by atoms with Gasteiger partial charge in [0.2, 0.25) is 0 Å². The molecule has 0 saturated carbocycles. The predicted molar refractivity (Wildman–Crippen MR) is 89.3 cm³/mol. The van der Waals surface area contributed by atoms with Crippen LogP contribution in [0.1, 0.15) is 26.4 Å². The van der Waals surface area contributed by atoms with Crippen LogP contribution in [0.4, 0.5) is 8.78 Å². The summed E-state index contributed by atoms with van der Waals surface area (Å²) < 4.78 is 32.7. The molecule has 0 aliphatic rings. The molecular formula is C19H14F2N2O3. The molecule has 0 bridgehead atoms. The number of Topliss-reactive ketones (excluding diaryl/α,β-unsaturated/α-hetero) is 1. The standard InChI is InChI=1S/C19H14F2N2O3/c1-12-8-9-22-23(12)15-5-2-13(3-6-15)19(25)26-11-18(24)14-4-7-16(20)17(21)10-14/h2-10H,11H2,1H3. The van der Waals surface area contributed by atoms with Gasteiger partial charge in [-0.05, 0) is 55.5 Å². The molecule has 0 atom stereocenters. The van der Waals surface area contributed by atoms with Gasteiger partial charge < -0.3 is 4.74 Å². The molecule has 0 spiro atoms. The highest BCUT2D eigenvalue weighted by Gasteiger charge is 2.14. The topological polar surface area (TPSA) is 61.2 Å². The average molecular weight is 356 g/mol. The number of aryl methyl sites for hydroxylation is 1. The summed E-state index contributed by atoms with van der Waals surface area (Å²) in [5.41, 5.74) is 1.91. The summed E-state index contributed by atoms with van der Waals surface area (Å²) in [5.74, 6) is -3.50. The Morgan fingerprint density at radius 3 is 2.31 bits per heavy atom. The van der Waals surface area contributed by atoms with Crippen LogP contribution in [0.3, 0.4) is 0 Å². The summed E-state index contributed by atoms with van der Waals surface area (Å²) in [6.45, 7) is 1.34. The number of aromatic nitrogens is 2. The normalized spacial score (nSPS) is 10.6. The van der Waals surface area contributed by atoms with Gasteiger partial charge in [-0.3, -0.25) is 4.79 Å². The predicted octanol–water partition coefficient (Wildman–Crippen LogP) is 3.50. The molecule has 3 rings (SSSR count).